The maximum atomic E-state index is 14.0. The first kappa shape index (κ1) is 28.0. The van der Waals surface area contributed by atoms with E-state index in [4.69, 9.17) is 18.9 Å². The molecule has 0 saturated carbocycles. The number of rotatable bonds is 14. The Morgan fingerprint density at radius 3 is 1.74 bits per heavy atom. The van der Waals surface area contributed by atoms with E-state index in [0.717, 1.165) is 64.8 Å². The first-order valence-corrected chi connectivity index (χ1v) is 13.7. The van der Waals surface area contributed by atoms with Crippen molar-refractivity contribution in [1.82, 2.24) is 0 Å². The quantitative estimate of drug-likeness (QED) is 0.123. The largest absolute Gasteiger partial charge is 0.496 e. The van der Waals surface area contributed by atoms with Crippen LogP contribution in [0.25, 0.3) is 10.8 Å². The number of methoxy groups -OCH3 is 2. The Hall–Kier alpha value is -3.99. The van der Waals surface area contributed by atoms with Crippen LogP contribution >= 0.6 is 0 Å². The summed E-state index contributed by atoms with van der Waals surface area (Å²) < 4.78 is 23.2. The summed E-state index contributed by atoms with van der Waals surface area (Å²) in [5.41, 5.74) is 3.14. The van der Waals surface area contributed by atoms with E-state index in [0.29, 0.717) is 36.5 Å². The van der Waals surface area contributed by atoms with Gasteiger partial charge in [-0.3, -0.25) is 4.79 Å². The van der Waals surface area contributed by atoms with Gasteiger partial charge >= 0.3 is 0 Å². The maximum Gasteiger partial charge on any atom is 0.197 e. The van der Waals surface area contributed by atoms with Crippen LogP contribution in [0, 0.1) is 0 Å². The molecule has 5 heteroatoms. The fourth-order valence-corrected chi connectivity index (χ4v) is 4.64. The Morgan fingerprint density at radius 1 is 0.667 bits per heavy atom. The molecule has 0 radical (unpaired) electrons. The molecule has 0 aliphatic heterocycles. The van der Waals surface area contributed by atoms with Gasteiger partial charge in [-0.15, -0.1) is 0 Å². The Bertz CT molecular complexity index is 1370. The van der Waals surface area contributed by atoms with Crippen LogP contribution in [0.5, 0.6) is 23.0 Å². The van der Waals surface area contributed by atoms with E-state index < -0.39 is 0 Å². The summed E-state index contributed by atoms with van der Waals surface area (Å²) in [6.07, 6.45) is 4.78. The lowest BCUT2D eigenvalue weighted by molar-refractivity contribution is 0.103. The summed E-state index contributed by atoms with van der Waals surface area (Å²) in [4.78, 5) is 14.0. The molecule has 4 aromatic rings. The Morgan fingerprint density at radius 2 is 1.21 bits per heavy atom. The van der Waals surface area contributed by atoms with Gasteiger partial charge in [-0.2, -0.15) is 0 Å². The monoisotopic (exact) mass is 526 g/mol. The van der Waals surface area contributed by atoms with Gasteiger partial charge in [0.15, 0.2) is 5.78 Å². The summed E-state index contributed by atoms with van der Waals surface area (Å²) in [5, 5.41) is 1.79. The Balaban J connectivity index is 1.74. The molecule has 0 amide bonds. The van der Waals surface area contributed by atoms with Gasteiger partial charge < -0.3 is 18.9 Å². The fourth-order valence-electron chi connectivity index (χ4n) is 4.64. The molecule has 0 aliphatic carbocycles. The molecule has 0 aliphatic rings. The van der Waals surface area contributed by atoms with Gasteiger partial charge in [-0.1, -0.05) is 51.0 Å². The number of carbonyl (C=O) groups is 1. The smallest absolute Gasteiger partial charge is 0.197 e. The standard InChI is InChI=1S/C34H38O5/c1-5-7-21-38-27-15-9-24(10-16-27)23-29-30(36-3)19-13-25-14-20-31(37-4)33(32(25)29)34(35)26-11-17-28(18-12-26)39-22-8-6-2/h9-20H,5-8,21-23H2,1-4H3. The van der Waals surface area contributed by atoms with Gasteiger partial charge in [-0.25, -0.2) is 0 Å². The molecule has 0 fully saturated rings. The SMILES string of the molecule is CCCCOc1ccc(Cc2c(OC)ccc3ccc(OC)c(C(=O)c4ccc(OCCCC)cc4)c23)cc1. The van der Waals surface area contributed by atoms with Crippen LogP contribution < -0.4 is 18.9 Å². The van der Waals surface area contributed by atoms with Crippen molar-refractivity contribution in [1.29, 1.82) is 0 Å². The third-order valence-corrected chi connectivity index (χ3v) is 6.83. The summed E-state index contributed by atoms with van der Waals surface area (Å²) >= 11 is 0. The maximum absolute atomic E-state index is 14.0. The van der Waals surface area contributed by atoms with Gasteiger partial charge in [0.1, 0.15) is 23.0 Å². The van der Waals surface area contributed by atoms with Gasteiger partial charge in [0.25, 0.3) is 0 Å². The minimum atomic E-state index is -0.105. The molecule has 5 nitrogen and oxygen atoms in total. The van der Waals surface area contributed by atoms with Crippen LogP contribution in [0.2, 0.25) is 0 Å². The zero-order chi connectivity index (χ0) is 27.6. The van der Waals surface area contributed by atoms with E-state index >= 15 is 0 Å². The van der Waals surface area contributed by atoms with E-state index in [2.05, 4.69) is 26.0 Å². The lowest BCUT2D eigenvalue weighted by Gasteiger charge is -2.18. The normalized spacial score (nSPS) is 10.9. The minimum Gasteiger partial charge on any atom is -0.496 e. The highest BCUT2D eigenvalue weighted by molar-refractivity contribution is 6.19. The highest BCUT2D eigenvalue weighted by Crippen LogP contribution is 2.38. The Labute approximate surface area is 231 Å². The summed E-state index contributed by atoms with van der Waals surface area (Å²) in [6.45, 7) is 5.65. The van der Waals surface area contributed by atoms with Crippen molar-refractivity contribution in [3.8, 4) is 23.0 Å². The molecule has 39 heavy (non-hydrogen) atoms. The Kier molecular flexibility index (Phi) is 9.85. The molecule has 0 unspecified atom stereocenters. The fraction of sp³-hybridized carbons (Fsp3) is 0.324. The van der Waals surface area contributed by atoms with Crippen LogP contribution in [0.3, 0.4) is 0 Å². The van der Waals surface area contributed by atoms with Crippen molar-refractivity contribution in [3.63, 3.8) is 0 Å². The third kappa shape index (κ3) is 6.72. The molecule has 0 saturated heterocycles. The predicted molar refractivity (Wildman–Crippen MR) is 157 cm³/mol. The molecule has 4 rings (SSSR count). The molecular formula is C34H38O5. The number of benzene rings is 4. The van der Waals surface area contributed by atoms with Crippen LogP contribution in [0.4, 0.5) is 0 Å². The summed E-state index contributed by atoms with van der Waals surface area (Å²) in [6, 6.07) is 23.3. The van der Waals surface area contributed by atoms with E-state index in [9.17, 15) is 4.79 Å². The molecular weight excluding hydrogens is 488 g/mol. The van der Waals surface area contributed by atoms with E-state index in [1.165, 1.54) is 0 Å². The number of fused-ring (bicyclic) bond motifs is 1. The van der Waals surface area contributed by atoms with Crippen molar-refractivity contribution in [2.75, 3.05) is 27.4 Å². The number of ketones is 1. The summed E-state index contributed by atoms with van der Waals surface area (Å²) in [5.74, 6) is 2.77. The molecule has 0 aromatic heterocycles. The van der Waals surface area contributed by atoms with Crippen LogP contribution in [-0.4, -0.2) is 33.2 Å². The van der Waals surface area contributed by atoms with Crippen molar-refractivity contribution in [2.45, 2.75) is 46.0 Å². The molecule has 0 bridgehead atoms. The first-order valence-electron chi connectivity index (χ1n) is 13.7. The molecule has 0 atom stereocenters. The summed E-state index contributed by atoms with van der Waals surface area (Å²) in [7, 11) is 3.26. The predicted octanol–water partition coefficient (Wildman–Crippen LogP) is 8.04. The van der Waals surface area contributed by atoms with Crippen LogP contribution in [-0.2, 0) is 6.42 Å². The van der Waals surface area contributed by atoms with E-state index in [1.54, 1.807) is 14.2 Å². The molecule has 0 heterocycles. The van der Waals surface area contributed by atoms with Gasteiger partial charge in [0, 0.05) is 22.9 Å². The molecule has 4 aromatic carbocycles. The minimum absolute atomic E-state index is 0.105. The zero-order valence-electron chi connectivity index (χ0n) is 23.4. The van der Waals surface area contributed by atoms with Crippen LogP contribution in [0.1, 0.15) is 66.6 Å². The van der Waals surface area contributed by atoms with Gasteiger partial charge in [0.05, 0.1) is 33.0 Å². The number of hydrogen-bond donors (Lipinski definition) is 0. The highest BCUT2D eigenvalue weighted by atomic mass is 16.5. The molecule has 0 N–H and O–H groups in total. The zero-order valence-corrected chi connectivity index (χ0v) is 23.4. The first-order chi connectivity index (χ1) is 19.1. The van der Waals surface area contributed by atoms with Crippen molar-refractivity contribution in [2.24, 2.45) is 0 Å². The third-order valence-electron chi connectivity index (χ3n) is 6.83. The van der Waals surface area contributed by atoms with Gasteiger partial charge in [0.2, 0.25) is 0 Å². The van der Waals surface area contributed by atoms with Gasteiger partial charge in [-0.05, 0) is 72.3 Å². The van der Waals surface area contributed by atoms with Crippen molar-refractivity contribution in [3.05, 3.63) is 95.1 Å². The van der Waals surface area contributed by atoms with Crippen molar-refractivity contribution < 1.29 is 23.7 Å². The topological polar surface area (TPSA) is 54.0 Å². The number of carbonyl (C=O) groups excluding carboxylic acids is 1. The van der Waals surface area contributed by atoms with Crippen LogP contribution in [0.15, 0.2) is 72.8 Å². The molecule has 0 spiro atoms. The second-order valence-corrected chi connectivity index (χ2v) is 9.57. The second kappa shape index (κ2) is 13.7. The van der Waals surface area contributed by atoms with E-state index in [-0.39, 0.29) is 5.78 Å². The number of ether oxygens (including phenoxy) is 4. The number of hydrogen-bond acceptors (Lipinski definition) is 5. The average Bonchev–Trinajstić information content (AvgIpc) is 2.97. The van der Waals surface area contributed by atoms with Crippen molar-refractivity contribution >= 4 is 16.6 Å². The lowest BCUT2D eigenvalue weighted by atomic mass is 9.90. The number of unbranched alkanes of at least 4 members (excludes halogenated alkanes) is 2. The van der Waals surface area contributed by atoms with E-state index in [1.807, 2.05) is 60.7 Å². The highest BCUT2D eigenvalue weighted by Gasteiger charge is 2.22. The lowest BCUT2D eigenvalue weighted by Crippen LogP contribution is -2.08. The molecule has 204 valence electrons. The average molecular weight is 527 g/mol. The second-order valence-electron chi connectivity index (χ2n) is 9.57.